The molecule has 1 atom stereocenters. The number of nitrogens with zero attached hydrogens (tertiary/aromatic N) is 2. The Kier molecular flexibility index (Phi) is 6.45. The van der Waals surface area contributed by atoms with Crippen molar-refractivity contribution >= 4 is 23.2 Å². The lowest BCUT2D eigenvalue weighted by Crippen LogP contribution is -2.45. The van der Waals surface area contributed by atoms with Crippen LogP contribution in [-0.2, 0) is 22.6 Å². The number of thiazole rings is 1. The van der Waals surface area contributed by atoms with Crippen LogP contribution in [0.5, 0.6) is 5.75 Å². The molecule has 3 rings (SSSR count). The Morgan fingerprint density at radius 1 is 1.33 bits per heavy atom. The van der Waals surface area contributed by atoms with Crippen molar-refractivity contribution in [2.45, 2.75) is 32.8 Å². The van der Waals surface area contributed by atoms with Gasteiger partial charge in [-0.25, -0.2) is 4.98 Å². The van der Waals surface area contributed by atoms with Crippen molar-refractivity contribution in [1.29, 1.82) is 0 Å². The van der Waals surface area contributed by atoms with Crippen LogP contribution >= 0.6 is 11.3 Å². The van der Waals surface area contributed by atoms with Crippen LogP contribution in [0.4, 0.5) is 0 Å². The quantitative estimate of drug-likeness (QED) is 0.827. The number of rotatable bonds is 6. The summed E-state index contributed by atoms with van der Waals surface area (Å²) in [4.78, 5) is 30.7. The molecule has 1 saturated heterocycles. The highest BCUT2D eigenvalue weighted by molar-refractivity contribution is 7.09. The van der Waals surface area contributed by atoms with Gasteiger partial charge in [-0.3, -0.25) is 9.59 Å². The highest BCUT2D eigenvalue weighted by Crippen LogP contribution is 2.19. The maximum absolute atomic E-state index is 12.6. The molecular formula is C20H25N3O3S. The summed E-state index contributed by atoms with van der Waals surface area (Å²) in [7, 11) is 1.64. The number of amides is 2. The molecule has 2 heterocycles. The third-order valence-electron chi connectivity index (χ3n) is 4.71. The van der Waals surface area contributed by atoms with Gasteiger partial charge in [0.05, 0.1) is 18.0 Å². The molecule has 0 aliphatic carbocycles. The Balaban J connectivity index is 1.51. The maximum atomic E-state index is 12.6. The minimum atomic E-state index is -0.110. The van der Waals surface area contributed by atoms with E-state index >= 15 is 0 Å². The fourth-order valence-corrected chi connectivity index (χ4v) is 3.87. The van der Waals surface area contributed by atoms with Crippen LogP contribution in [-0.4, -0.2) is 41.8 Å². The molecule has 0 radical (unpaired) electrons. The summed E-state index contributed by atoms with van der Waals surface area (Å²) in [6.45, 7) is 3.63. The Hall–Kier alpha value is -2.41. The predicted molar refractivity (Wildman–Crippen MR) is 105 cm³/mol. The standard InChI is InChI=1S/C20H25N3O3S/c1-14-5-7-17(8-6-14)26-12-18-22-16(13-27-18)10-19(24)23-9-3-4-15(11-23)20(25)21-2/h5-8,13,15H,3-4,9-12H2,1-2H3,(H,21,25)/t15-/m0/s1. The van der Waals surface area contributed by atoms with Crippen LogP contribution in [0, 0.1) is 12.8 Å². The van der Waals surface area contributed by atoms with Gasteiger partial charge in [-0.1, -0.05) is 17.7 Å². The topological polar surface area (TPSA) is 71.5 Å². The second-order valence-corrected chi connectivity index (χ2v) is 7.75. The number of carbonyl (C=O) groups is 2. The summed E-state index contributed by atoms with van der Waals surface area (Å²) in [5.41, 5.74) is 1.95. The van der Waals surface area contributed by atoms with E-state index in [4.69, 9.17) is 4.74 Å². The molecule has 27 heavy (non-hydrogen) atoms. The first kappa shape index (κ1) is 19.4. The van der Waals surface area contributed by atoms with Crippen LogP contribution in [0.25, 0.3) is 0 Å². The van der Waals surface area contributed by atoms with E-state index in [2.05, 4.69) is 10.3 Å². The van der Waals surface area contributed by atoms with E-state index in [0.29, 0.717) is 19.7 Å². The lowest BCUT2D eigenvalue weighted by atomic mass is 9.97. The van der Waals surface area contributed by atoms with Crippen LogP contribution in [0.15, 0.2) is 29.6 Å². The number of carbonyl (C=O) groups excluding carboxylic acids is 2. The predicted octanol–water partition coefficient (Wildman–Crippen LogP) is 2.56. The van der Waals surface area contributed by atoms with Crippen LogP contribution in [0.3, 0.4) is 0 Å². The summed E-state index contributed by atoms with van der Waals surface area (Å²) >= 11 is 1.50. The summed E-state index contributed by atoms with van der Waals surface area (Å²) in [6.07, 6.45) is 1.96. The molecule has 7 heteroatoms. The average molecular weight is 388 g/mol. The molecule has 144 valence electrons. The molecule has 2 aromatic rings. The van der Waals surface area contributed by atoms with E-state index in [1.54, 1.807) is 11.9 Å². The number of hydrogen-bond donors (Lipinski definition) is 1. The third-order valence-corrected chi connectivity index (χ3v) is 5.58. The fourth-order valence-electron chi connectivity index (χ4n) is 3.16. The van der Waals surface area contributed by atoms with Gasteiger partial charge in [-0.2, -0.15) is 0 Å². The first-order chi connectivity index (χ1) is 13.0. The number of hydrogen-bond acceptors (Lipinski definition) is 5. The molecule has 0 saturated carbocycles. The van der Waals surface area contributed by atoms with Crippen molar-refractivity contribution in [3.8, 4) is 5.75 Å². The zero-order valence-electron chi connectivity index (χ0n) is 15.7. The fraction of sp³-hybridized carbons (Fsp3) is 0.450. The molecule has 0 unspecified atom stereocenters. The highest BCUT2D eigenvalue weighted by Gasteiger charge is 2.28. The molecule has 1 aliphatic rings. The summed E-state index contributed by atoms with van der Waals surface area (Å²) in [5.74, 6) is 0.736. The van der Waals surface area contributed by atoms with E-state index in [0.717, 1.165) is 29.3 Å². The van der Waals surface area contributed by atoms with Gasteiger partial charge in [0, 0.05) is 25.5 Å². The normalized spacial score (nSPS) is 16.8. The molecule has 0 bridgehead atoms. The molecule has 1 aliphatic heterocycles. The first-order valence-corrected chi connectivity index (χ1v) is 10.0. The maximum Gasteiger partial charge on any atom is 0.228 e. The number of piperidine rings is 1. The Labute approximate surface area is 163 Å². The molecule has 1 fully saturated rings. The second kappa shape index (κ2) is 8.99. The number of aromatic nitrogens is 1. The van der Waals surface area contributed by atoms with Crippen LogP contribution < -0.4 is 10.1 Å². The highest BCUT2D eigenvalue weighted by atomic mass is 32.1. The van der Waals surface area contributed by atoms with E-state index in [1.165, 1.54) is 16.9 Å². The van der Waals surface area contributed by atoms with Gasteiger partial charge < -0.3 is 15.0 Å². The van der Waals surface area contributed by atoms with Crippen molar-refractivity contribution in [2.24, 2.45) is 5.92 Å². The Morgan fingerprint density at radius 2 is 2.11 bits per heavy atom. The molecule has 2 amide bonds. The molecule has 1 aromatic carbocycles. The minimum absolute atomic E-state index is 0.0108. The number of likely N-dealkylation sites (tertiary alicyclic amines) is 1. The van der Waals surface area contributed by atoms with E-state index in [9.17, 15) is 9.59 Å². The van der Waals surface area contributed by atoms with E-state index < -0.39 is 0 Å². The molecule has 6 nitrogen and oxygen atoms in total. The van der Waals surface area contributed by atoms with Crippen LogP contribution in [0.2, 0.25) is 0 Å². The van der Waals surface area contributed by atoms with Crippen molar-refractivity contribution in [3.63, 3.8) is 0 Å². The number of benzene rings is 1. The smallest absolute Gasteiger partial charge is 0.228 e. The van der Waals surface area contributed by atoms with Crippen molar-refractivity contribution in [3.05, 3.63) is 45.9 Å². The first-order valence-electron chi connectivity index (χ1n) is 9.17. The van der Waals surface area contributed by atoms with Crippen molar-refractivity contribution < 1.29 is 14.3 Å². The number of aryl methyl sites for hydroxylation is 1. The summed E-state index contributed by atoms with van der Waals surface area (Å²) < 4.78 is 5.74. The van der Waals surface area contributed by atoms with E-state index in [-0.39, 0.29) is 24.2 Å². The molecule has 1 N–H and O–H groups in total. The summed E-state index contributed by atoms with van der Waals surface area (Å²) in [5, 5.41) is 5.43. The third kappa shape index (κ3) is 5.29. The van der Waals surface area contributed by atoms with Crippen molar-refractivity contribution in [2.75, 3.05) is 20.1 Å². The lowest BCUT2D eigenvalue weighted by molar-refractivity contribution is -0.135. The Morgan fingerprint density at radius 3 is 2.85 bits per heavy atom. The van der Waals surface area contributed by atoms with Gasteiger partial charge in [0.25, 0.3) is 0 Å². The Bertz CT molecular complexity index is 788. The van der Waals surface area contributed by atoms with Gasteiger partial charge in [0.1, 0.15) is 17.4 Å². The van der Waals surface area contributed by atoms with Gasteiger partial charge >= 0.3 is 0 Å². The zero-order chi connectivity index (χ0) is 19.2. The number of ether oxygens (including phenoxy) is 1. The van der Waals surface area contributed by atoms with Crippen molar-refractivity contribution in [1.82, 2.24) is 15.2 Å². The zero-order valence-corrected chi connectivity index (χ0v) is 16.6. The van der Waals surface area contributed by atoms with E-state index in [1.807, 2.05) is 36.6 Å². The van der Waals surface area contributed by atoms with Gasteiger partial charge in [0.2, 0.25) is 11.8 Å². The molecule has 0 spiro atoms. The second-order valence-electron chi connectivity index (χ2n) is 6.80. The molecule has 1 aromatic heterocycles. The SMILES string of the molecule is CNC(=O)[C@H]1CCCN(C(=O)Cc2csc(COc3ccc(C)cc3)n2)C1. The monoisotopic (exact) mass is 387 g/mol. The minimum Gasteiger partial charge on any atom is -0.486 e. The molecular weight excluding hydrogens is 362 g/mol. The number of nitrogens with one attached hydrogen (secondary N) is 1. The van der Waals surface area contributed by atoms with Crippen LogP contribution in [0.1, 0.15) is 29.1 Å². The van der Waals surface area contributed by atoms with Gasteiger partial charge in [-0.05, 0) is 31.9 Å². The largest absolute Gasteiger partial charge is 0.486 e. The van der Waals surface area contributed by atoms with Gasteiger partial charge in [-0.15, -0.1) is 11.3 Å². The average Bonchev–Trinajstić information content (AvgIpc) is 3.14. The lowest BCUT2D eigenvalue weighted by Gasteiger charge is -2.31. The van der Waals surface area contributed by atoms with Gasteiger partial charge in [0.15, 0.2) is 0 Å². The summed E-state index contributed by atoms with van der Waals surface area (Å²) in [6, 6.07) is 7.89.